The molecule has 2 aliphatic rings. The Kier molecular flexibility index (Phi) is 7.09. The number of hydrogen-bond donors (Lipinski definition) is 0. The van der Waals surface area contributed by atoms with Gasteiger partial charge < -0.3 is 14.4 Å². The van der Waals surface area contributed by atoms with Crippen LogP contribution in [0.3, 0.4) is 0 Å². The lowest BCUT2D eigenvalue weighted by Crippen LogP contribution is -2.48. The lowest BCUT2D eigenvalue weighted by atomic mass is 9.99. The maximum Gasteiger partial charge on any atom is 0.415 e. The zero-order chi connectivity index (χ0) is 25.2. The first-order valence-electron chi connectivity index (χ1n) is 11.8. The smallest absolute Gasteiger partial charge is 0.415 e. The van der Waals surface area contributed by atoms with E-state index in [2.05, 4.69) is 16.8 Å². The minimum absolute atomic E-state index is 0.346. The van der Waals surface area contributed by atoms with Gasteiger partial charge >= 0.3 is 6.09 Å². The summed E-state index contributed by atoms with van der Waals surface area (Å²) in [4.78, 5) is 19.0. The molecule has 0 bridgehead atoms. The molecule has 3 aromatic carbocycles. The minimum atomic E-state index is -0.700. The second kappa shape index (κ2) is 10.4. The third-order valence-corrected chi connectivity index (χ3v) is 6.76. The maximum atomic E-state index is 14.2. The first-order chi connectivity index (χ1) is 17.4. The molecule has 9 heteroatoms. The number of likely N-dealkylation sites (N-methyl/N-ethyl adjacent to an activating group) is 1. The maximum absolute atomic E-state index is 14.2. The summed E-state index contributed by atoms with van der Waals surface area (Å²) in [5.74, 6) is -0.215. The monoisotopic (exact) mass is 513 g/mol. The number of amides is 1. The van der Waals surface area contributed by atoms with Gasteiger partial charge in [0, 0.05) is 49.5 Å². The molecule has 2 aliphatic heterocycles. The second-order valence-electron chi connectivity index (χ2n) is 9.09. The Hall–Kier alpha value is -3.20. The normalized spacial score (nSPS) is 21.0. The molecule has 2 heterocycles. The highest BCUT2D eigenvalue weighted by atomic mass is 35.5. The molecule has 36 heavy (non-hydrogen) atoms. The lowest BCUT2D eigenvalue weighted by Gasteiger charge is -2.34. The van der Waals surface area contributed by atoms with Crippen LogP contribution in [0.1, 0.15) is 11.6 Å². The first kappa shape index (κ1) is 24.5. The molecule has 2 saturated heterocycles. The van der Waals surface area contributed by atoms with Crippen molar-refractivity contribution >= 4 is 23.4 Å². The third kappa shape index (κ3) is 5.46. The molecular formula is C27H26ClF2N3O3. The Morgan fingerprint density at radius 1 is 0.917 bits per heavy atom. The van der Waals surface area contributed by atoms with Crippen LogP contribution in [-0.4, -0.2) is 61.8 Å². The topological polar surface area (TPSA) is 45.2 Å². The number of cyclic esters (lactones) is 1. The summed E-state index contributed by atoms with van der Waals surface area (Å²) < 4.78 is 40.0. The number of carbonyl (C=O) groups is 1. The van der Waals surface area contributed by atoms with Gasteiger partial charge in [0.25, 0.3) is 0 Å². The standard InChI is InChI=1S/C27H26ClF2N3O3/c1-31-10-12-32(13-11-31)17-25-26(18-14-20(29)16-21(30)15-18)33(27(34)36-25)22-4-8-24(9-5-22)35-23-6-2-19(28)3-7-23/h2-9,14-16,25-26H,10-13,17H2,1H3/t25-,26-/m0/s1. The summed E-state index contributed by atoms with van der Waals surface area (Å²) in [5.41, 5.74) is 0.887. The molecular weight excluding hydrogens is 488 g/mol. The predicted molar refractivity (Wildman–Crippen MR) is 134 cm³/mol. The van der Waals surface area contributed by atoms with E-state index in [1.54, 1.807) is 48.5 Å². The molecule has 0 spiro atoms. The molecule has 0 aromatic heterocycles. The molecule has 2 atom stereocenters. The molecule has 0 radical (unpaired) electrons. The molecule has 0 N–H and O–H groups in total. The minimum Gasteiger partial charge on any atom is -0.457 e. The van der Waals surface area contributed by atoms with Gasteiger partial charge in [-0.05, 0) is 73.3 Å². The van der Waals surface area contributed by atoms with Crippen LogP contribution < -0.4 is 9.64 Å². The van der Waals surface area contributed by atoms with Crippen LogP contribution in [0.25, 0.3) is 0 Å². The Morgan fingerprint density at radius 3 is 2.11 bits per heavy atom. The van der Waals surface area contributed by atoms with Crippen LogP contribution in [0.4, 0.5) is 19.3 Å². The predicted octanol–water partition coefficient (Wildman–Crippen LogP) is 5.72. The van der Waals surface area contributed by atoms with Gasteiger partial charge in [0.1, 0.15) is 35.3 Å². The Balaban J connectivity index is 1.42. The number of nitrogens with zero attached hydrogens (tertiary/aromatic N) is 3. The van der Waals surface area contributed by atoms with Crippen LogP contribution >= 0.6 is 11.6 Å². The third-order valence-electron chi connectivity index (χ3n) is 6.50. The molecule has 5 rings (SSSR count). The van der Waals surface area contributed by atoms with E-state index in [9.17, 15) is 13.6 Å². The molecule has 2 fully saturated rings. The zero-order valence-electron chi connectivity index (χ0n) is 19.7. The first-order valence-corrected chi connectivity index (χ1v) is 12.1. The Bertz CT molecular complexity index is 1200. The van der Waals surface area contributed by atoms with Crippen molar-refractivity contribution < 1.29 is 23.0 Å². The average Bonchev–Trinajstić information content (AvgIpc) is 3.17. The number of halogens is 3. The Morgan fingerprint density at radius 2 is 1.50 bits per heavy atom. The van der Waals surface area contributed by atoms with Crippen molar-refractivity contribution in [2.45, 2.75) is 12.1 Å². The fourth-order valence-electron chi connectivity index (χ4n) is 4.64. The summed E-state index contributed by atoms with van der Waals surface area (Å²) in [6.07, 6.45) is -1.15. The van der Waals surface area contributed by atoms with Gasteiger partial charge in [-0.25, -0.2) is 13.6 Å². The van der Waals surface area contributed by atoms with Crippen molar-refractivity contribution in [3.05, 3.63) is 89.0 Å². The van der Waals surface area contributed by atoms with Crippen LogP contribution in [0, 0.1) is 11.6 Å². The van der Waals surface area contributed by atoms with Crippen molar-refractivity contribution in [1.29, 1.82) is 0 Å². The summed E-state index contributed by atoms with van der Waals surface area (Å²) in [5, 5.41) is 0.608. The van der Waals surface area contributed by atoms with E-state index in [4.69, 9.17) is 21.1 Å². The summed E-state index contributed by atoms with van der Waals surface area (Å²) in [7, 11) is 2.06. The van der Waals surface area contributed by atoms with Crippen molar-refractivity contribution in [2.24, 2.45) is 0 Å². The fraction of sp³-hybridized carbons (Fsp3) is 0.296. The van der Waals surface area contributed by atoms with Gasteiger partial charge in [-0.2, -0.15) is 0 Å². The number of piperazine rings is 1. The molecule has 188 valence electrons. The highest BCUT2D eigenvalue weighted by Crippen LogP contribution is 2.39. The zero-order valence-corrected chi connectivity index (χ0v) is 20.5. The van der Waals surface area contributed by atoms with E-state index < -0.39 is 29.9 Å². The SMILES string of the molecule is CN1CCN(C[C@@H]2OC(=O)N(c3ccc(Oc4ccc(Cl)cc4)cc3)[C@H]2c2cc(F)cc(F)c2)CC1. The number of ether oxygens (including phenoxy) is 2. The van der Waals surface area contributed by atoms with E-state index in [0.29, 0.717) is 34.3 Å². The molecule has 0 saturated carbocycles. The Labute approximate surface area is 213 Å². The van der Waals surface area contributed by atoms with Crippen molar-refractivity contribution in [3.8, 4) is 11.5 Å². The van der Waals surface area contributed by atoms with Crippen LogP contribution in [0.2, 0.25) is 5.02 Å². The van der Waals surface area contributed by atoms with E-state index in [0.717, 1.165) is 32.2 Å². The molecule has 0 aliphatic carbocycles. The van der Waals surface area contributed by atoms with Gasteiger partial charge in [-0.1, -0.05) is 11.6 Å². The number of benzene rings is 3. The quantitative estimate of drug-likeness (QED) is 0.421. The van der Waals surface area contributed by atoms with Gasteiger partial charge in [-0.15, -0.1) is 0 Å². The summed E-state index contributed by atoms with van der Waals surface area (Å²) in [6.45, 7) is 3.92. The van der Waals surface area contributed by atoms with E-state index in [1.165, 1.54) is 17.0 Å². The largest absolute Gasteiger partial charge is 0.457 e. The van der Waals surface area contributed by atoms with E-state index >= 15 is 0 Å². The number of carbonyl (C=O) groups excluding carboxylic acids is 1. The second-order valence-corrected chi connectivity index (χ2v) is 9.53. The average molecular weight is 514 g/mol. The fourth-order valence-corrected chi connectivity index (χ4v) is 4.77. The number of anilines is 1. The highest BCUT2D eigenvalue weighted by molar-refractivity contribution is 6.30. The number of hydrogen-bond acceptors (Lipinski definition) is 5. The van der Waals surface area contributed by atoms with Gasteiger partial charge in [0.05, 0.1) is 0 Å². The van der Waals surface area contributed by atoms with Crippen molar-refractivity contribution in [3.63, 3.8) is 0 Å². The summed E-state index contributed by atoms with van der Waals surface area (Å²) >= 11 is 5.93. The van der Waals surface area contributed by atoms with Gasteiger partial charge in [0.2, 0.25) is 0 Å². The molecule has 0 unspecified atom stereocenters. The van der Waals surface area contributed by atoms with Crippen LogP contribution in [-0.2, 0) is 4.74 Å². The van der Waals surface area contributed by atoms with Crippen LogP contribution in [0.5, 0.6) is 11.5 Å². The molecule has 3 aromatic rings. The molecule has 6 nitrogen and oxygen atoms in total. The van der Waals surface area contributed by atoms with Gasteiger partial charge in [0.15, 0.2) is 0 Å². The summed E-state index contributed by atoms with van der Waals surface area (Å²) in [6, 6.07) is 16.5. The highest BCUT2D eigenvalue weighted by Gasteiger charge is 2.44. The van der Waals surface area contributed by atoms with E-state index in [1.807, 2.05) is 0 Å². The van der Waals surface area contributed by atoms with Crippen LogP contribution in [0.15, 0.2) is 66.7 Å². The number of rotatable bonds is 6. The van der Waals surface area contributed by atoms with E-state index in [-0.39, 0.29) is 0 Å². The van der Waals surface area contributed by atoms with Crippen molar-refractivity contribution in [1.82, 2.24) is 9.80 Å². The lowest BCUT2D eigenvalue weighted by molar-refractivity contribution is 0.0738. The van der Waals surface area contributed by atoms with Crippen molar-refractivity contribution in [2.75, 3.05) is 44.7 Å². The van der Waals surface area contributed by atoms with Gasteiger partial charge in [-0.3, -0.25) is 9.80 Å². The molecule has 1 amide bonds.